The van der Waals surface area contributed by atoms with E-state index >= 15 is 0 Å². The lowest BCUT2D eigenvalue weighted by molar-refractivity contribution is -0.124. The zero-order valence-electron chi connectivity index (χ0n) is 17.4. The van der Waals surface area contributed by atoms with E-state index in [1.54, 1.807) is 24.3 Å². The minimum atomic E-state index is -0.502. The number of aryl methyl sites for hydroxylation is 1. The van der Waals surface area contributed by atoms with Gasteiger partial charge in [0.1, 0.15) is 4.32 Å². The minimum absolute atomic E-state index is 0.122. The Morgan fingerprint density at radius 3 is 2.53 bits per heavy atom. The van der Waals surface area contributed by atoms with Crippen LogP contribution in [0.1, 0.15) is 41.3 Å². The second-order valence-electron chi connectivity index (χ2n) is 7.01. The topological polar surface area (TPSA) is 78.5 Å². The minimum Gasteiger partial charge on any atom is -0.293 e. The summed E-state index contributed by atoms with van der Waals surface area (Å²) in [5.41, 5.74) is 7.13. The average Bonchev–Trinajstić information content (AvgIpc) is 3.05. The number of hydrogen-bond acceptors (Lipinski definition) is 5. The van der Waals surface area contributed by atoms with Gasteiger partial charge in [-0.3, -0.25) is 30.1 Å². The van der Waals surface area contributed by atoms with Gasteiger partial charge < -0.3 is 0 Å². The van der Waals surface area contributed by atoms with Gasteiger partial charge in [0.15, 0.2) is 0 Å². The molecule has 0 atom stereocenters. The van der Waals surface area contributed by atoms with Gasteiger partial charge in [-0.25, -0.2) is 0 Å². The van der Waals surface area contributed by atoms with Crippen LogP contribution in [-0.4, -0.2) is 33.5 Å². The molecule has 0 spiro atoms. The summed E-state index contributed by atoms with van der Waals surface area (Å²) in [5, 5.41) is 0.294. The molecule has 0 radical (unpaired) electrons. The Morgan fingerprint density at radius 2 is 1.84 bits per heavy atom. The molecule has 0 saturated carbocycles. The summed E-state index contributed by atoms with van der Waals surface area (Å²) >= 11 is 12.6. The van der Waals surface area contributed by atoms with E-state index in [2.05, 4.69) is 17.8 Å². The fraction of sp³-hybridized carbons (Fsp3) is 0.217. The fourth-order valence-electron chi connectivity index (χ4n) is 2.99. The van der Waals surface area contributed by atoms with Crippen LogP contribution in [0.4, 0.5) is 0 Å². The van der Waals surface area contributed by atoms with E-state index < -0.39 is 5.91 Å². The largest absolute Gasteiger partial charge is 0.293 e. The van der Waals surface area contributed by atoms with E-state index in [0.29, 0.717) is 27.2 Å². The van der Waals surface area contributed by atoms with Gasteiger partial charge >= 0.3 is 0 Å². The number of benzene rings is 2. The summed E-state index contributed by atoms with van der Waals surface area (Å²) in [7, 11) is 0. The molecule has 0 bridgehead atoms. The van der Waals surface area contributed by atoms with Crippen molar-refractivity contribution in [3.63, 3.8) is 0 Å². The molecule has 166 valence electrons. The number of carbonyl (C=O) groups excluding carboxylic acids is 3. The first-order valence-corrected chi connectivity index (χ1v) is 11.7. The lowest BCUT2D eigenvalue weighted by Gasteiger charge is -2.14. The van der Waals surface area contributed by atoms with Crippen LogP contribution in [0.2, 0.25) is 5.02 Å². The Kier molecular flexibility index (Phi) is 8.44. The molecular formula is C23H22ClN3O3S2. The zero-order valence-corrected chi connectivity index (χ0v) is 19.8. The first-order chi connectivity index (χ1) is 15.4. The van der Waals surface area contributed by atoms with Gasteiger partial charge in [0.05, 0.1) is 15.5 Å². The summed E-state index contributed by atoms with van der Waals surface area (Å²) in [6.45, 7) is 2.41. The summed E-state index contributed by atoms with van der Waals surface area (Å²) in [6, 6.07) is 14.6. The van der Waals surface area contributed by atoms with Crippen LogP contribution in [0.25, 0.3) is 6.08 Å². The average molecular weight is 488 g/mol. The molecule has 1 saturated heterocycles. The van der Waals surface area contributed by atoms with Crippen molar-refractivity contribution in [2.45, 2.75) is 26.2 Å². The quantitative estimate of drug-likeness (QED) is 0.345. The normalized spacial score (nSPS) is 14.7. The highest BCUT2D eigenvalue weighted by Crippen LogP contribution is 2.32. The van der Waals surface area contributed by atoms with Gasteiger partial charge in [-0.15, -0.1) is 0 Å². The summed E-state index contributed by atoms with van der Waals surface area (Å²) in [5.74, 6) is -1.03. The van der Waals surface area contributed by atoms with E-state index in [9.17, 15) is 14.4 Å². The van der Waals surface area contributed by atoms with E-state index in [1.165, 1.54) is 22.2 Å². The molecule has 3 amide bonds. The third-order valence-corrected chi connectivity index (χ3v) is 6.49. The first kappa shape index (κ1) is 24.0. The van der Waals surface area contributed by atoms with Gasteiger partial charge in [0.25, 0.3) is 11.8 Å². The summed E-state index contributed by atoms with van der Waals surface area (Å²) in [4.78, 5) is 38.9. The Hall–Kier alpha value is -2.68. The number of hydrogen-bond donors (Lipinski definition) is 2. The van der Waals surface area contributed by atoms with Crippen LogP contribution < -0.4 is 10.9 Å². The van der Waals surface area contributed by atoms with Crippen LogP contribution in [0, 0.1) is 0 Å². The van der Waals surface area contributed by atoms with Gasteiger partial charge in [0.2, 0.25) is 5.91 Å². The molecule has 32 heavy (non-hydrogen) atoms. The Labute approximate surface area is 201 Å². The van der Waals surface area contributed by atoms with Crippen molar-refractivity contribution in [3.05, 3.63) is 75.1 Å². The fourth-order valence-corrected chi connectivity index (χ4v) is 4.52. The highest BCUT2D eigenvalue weighted by atomic mass is 35.5. The molecule has 1 aliphatic rings. The predicted octanol–water partition coefficient (Wildman–Crippen LogP) is 4.35. The Morgan fingerprint density at radius 1 is 1.12 bits per heavy atom. The Bertz CT molecular complexity index is 1070. The molecule has 1 fully saturated rings. The number of halogens is 1. The molecule has 1 heterocycles. The third-order valence-electron chi connectivity index (χ3n) is 4.78. The number of hydrazine groups is 1. The summed E-state index contributed by atoms with van der Waals surface area (Å²) < 4.78 is 0.471. The van der Waals surface area contributed by atoms with Crippen molar-refractivity contribution < 1.29 is 14.4 Å². The lowest BCUT2D eigenvalue weighted by Crippen LogP contribution is -2.42. The Balaban J connectivity index is 1.47. The van der Waals surface area contributed by atoms with Gasteiger partial charge in [-0.1, -0.05) is 78.9 Å². The van der Waals surface area contributed by atoms with Crippen molar-refractivity contribution in [3.8, 4) is 0 Å². The van der Waals surface area contributed by atoms with Crippen molar-refractivity contribution >= 4 is 63.7 Å². The van der Waals surface area contributed by atoms with E-state index in [4.69, 9.17) is 23.8 Å². The summed E-state index contributed by atoms with van der Waals surface area (Å²) in [6.07, 6.45) is 3.31. The number of nitrogens with one attached hydrogen (secondary N) is 2. The van der Waals surface area contributed by atoms with Gasteiger partial charge in [-0.2, -0.15) is 0 Å². The van der Waals surface area contributed by atoms with Gasteiger partial charge in [0, 0.05) is 13.0 Å². The van der Waals surface area contributed by atoms with Crippen LogP contribution in [0.3, 0.4) is 0 Å². The second-order valence-corrected chi connectivity index (χ2v) is 9.10. The molecule has 1 aliphatic heterocycles. The van der Waals surface area contributed by atoms with Crippen LogP contribution >= 0.6 is 35.6 Å². The highest BCUT2D eigenvalue weighted by Gasteiger charge is 2.31. The van der Waals surface area contributed by atoms with Crippen molar-refractivity contribution in [1.82, 2.24) is 15.8 Å². The molecule has 0 aromatic heterocycles. The maximum Gasteiger partial charge on any atom is 0.271 e. The zero-order chi connectivity index (χ0) is 23.1. The van der Waals surface area contributed by atoms with E-state index in [1.807, 2.05) is 30.3 Å². The van der Waals surface area contributed by atoms with Crippen LogP contribution in [0.5, 0.6) is 0 Å². The first-order valence-electron chi connectivity index (χ1n) is 10.1. The maximum atomic E-state index is 12.7. The second kappa shape index (κ2) is 11.3. The monoisotopic (exact) mass is 487 g/mol. The molecule has 3 rings (SSSR count). The number of thiocarbonyl (C=S) groups is 1. The van der Waals surface area contributed by atoms with E-state index in [0.717, 1.165) is 12.0 Å². The highest BCUT2D eigenvalue weighted by molar-refractivity contribution is 8.26. The SMILES string of the molecule is CCc1ccc(/C=C2\SC(=S)N(CCCC(=O)NNC(=O)c3ccccc3Cl)C2=O)cc1. The lowest BCUT2D eigenvalue weighted by atomic mass is 10.1. The predicted molar refractivity (Wildman–Crippen MR) is 132 cm³/mol. The molecule has 6 nitrogen and oxygen atoms in total. The number of amides is 3. The molecule has 0 unspecified atom stereocenters. The molecule has 2 N–H and O–H groups in total. The van der Waals surface area contributed by atoms with Crippen LogP contribution in [0.15, 0.2) is 53.4 Å². The molecular weight excluding hydrogens is 466 g/mol. The standard InChI is InChI=1S/C23H22ClN3O3S2/c1-2-15-9-11-16(12-10-15)14-19-22(30)27(23(31)32-19)13-5-8-20(28)25-26-21(29)17-6-3-4-7-18(17)24/h3-4,6-7,9-12,14H,2,5,8,13H2,1H3,(H,25,28)(H,26,29)/b19-14-. The number of thioether (sulfide) groups is 1. The molecule has 2 aromatic rings. The number of nitrogens with zero attached hydrogens (tertiary/aromatic N) is 1. The van der Waals surface area contributed by atoms with Crippen molar-refractivity contribution in [2.24, 2.45) is 0 Å². The molecule has 9 heteroatoms. The maximum absolute atomic E-state index is 12.7. The van der Waals surface area contributed by atoms with Crippen molar-refractivity contribution in [2.75, 3.05) is 6.54 Å². The number of carbonyl (C=O) groups is 3. The third kappa shape index (κ3) is 6.18. The molecule has 0 aliphatic carbocycles. The van der Waals surface area contributed by atoms with Crippen molar-refractivity contribution in [1.29, 1.82) is 0 Å². The number of rotatable bonds is 7. The van der Waals surface area contributed by atoms with E-state index in [-0.39, 0.29) is 23.8 Å². The smallest absolute Gasteiger partial charge is 0.271 e. The van der Waals surface area contributed by atoms with Crippen LogP contribution in [-0.2, 0) is 16.0 Å². The molecule has 2 aromatic carbocycles. The van der Waals surface area contributed by atoms with Gasteiger partial charge in [-0.05, 0) is 42.2 Å².